The van der Waals surface area contributed by atoms with Gasteiger partial charge in [0.15, 0.2) is 11.5 Å². The van der Waals surface area contributed by atoms with Crippen LogP contribution >= 0.6 is 0 Å². The van der Waals surface area contributed by atoms with E-state index in [2.05, 4.69) is 15.1 Å². The van der Waals surface area contributed by atoms with Crippen molar-refractivity contribution in [3.8, 4) is 0 Å². The molecule has 0 atom stereocenters. The number of aryl methyl sites for hydroxylation is 2. The van der Waals surface area contributed by atoms with E-state index in [0.29, 0.717) is 17.3 Å². The highest BCUT2D eigenvalue weighted by Gasteiger charge is 2.36. The molecule has 0 bridgehead atoms. The zero-order chi connectivity index (χ0) is 24.8. The van der Waals surface area contributed by atoms with Gasteiger partial charge in [-0.1, -0.05) is 6.07 Å². The van der Waals surface area contributed by atoms with Gasteiger partial charge in [-0.2, -0.15) is 18.3 Å². The zero-order valence-electron chi connectivity index (χ0n) is 18.3. The lowest BCUT2D eigenvalue weighted by Crippen LogP contribution is -2.29. The van der Waals surface area contributed by atoms with Crippen LogP contribution in [0, 0.1) is 13.8 Å². The highest BCUT2D eigenvalue weighted by molar-refractivity contribution is 5.81. The van der Waals surface area contributed by atoms with Crippen molar-refractivity contribution in [3.63, 3.8) is 0 Å². The van der Waals surface area contributed by atoms with E-state index in [1.165, 1.54) is 4.68 Å². The number of hydrogen-bond donors (Lipinski definition) is 0. The third kappa shape index (κ3) is 4.69. The summed E-state index contributed by atoms with van der Waals surface area (Å²) in [6, 6.07) is 2.89. The molecule has 0 spiro atoms. The SMILES string of the molecule is Cc1cc2c(nc1C)c(=O)c(/C(F)=C/c1ccc(C(F)(F)F)nc1)nn2C1CCC(F)(F)CC1. The minimum Gasteiger partial charge on any atom is -0.285 e. The van der Waals surface area contributed by atoms with Gasteiger partial charge in [-0.3, -0.25) is 14.5 Å². The van der Waals surface area contributed by atoms with Crippen molar-refractivity contribution >= 4 is 22.9 Å². The summed E-state index contributed by atoms with van der Waals surface area (Å²) < 4.78 is 82.1. The Bertz CT molecular complexity index is 1320. The molecule has 1 aliphatic carbocycles. The van der Waals surface area contributed by atoms with E-state index in [9.17, 15) is 26.7 Å². The Morgan fingerprint density at radius 2 is 1.85 bits per heavy atom. The lowest BCUT2D eigenvalue weighted by atomic mass is 9.92. The fourth-order valence-electron chi connectivity index (χ4n) is 3.93. The number of alkyl halides is 5. The Hall–Kier alpha value is -3.24. The molecule has 180 valence electrons. The summed E-state index contributed by atoms with van der Waals surface area (Å²) >= 11 is 0. The van der Waals surface area contributed by atoms with Crippen LogP contribution in [0.25, 0.3) is 22.9 Å². The van der Waals surface area contributed by atoms with Crippen molar-refractivity contribution in [2.24, 2.45) is 0 Å². The first-order chi connectivity index (χ1) is 15.9. The van der Waals surface area contributed by atoms with E-state index in [0.717, 1.165) is 23.9 Å². The van der Waals surface area contributed by atoms with Crippen LogP contribution in [0.4, 0.5) is 26.3 Å². The van der Waals surface area contributed by atoms with Crippen LogP contribution in [-0.4, -0.2) is 25.7 Å². The molecule has 5 nitrogen and oxygen atoms in total. The van der Waals surface area contributed by atoms with Crippen molar-refractivity contribution in [1.82, 2.24) is 19.7 Å². The topological polar surface area (TPSA) is 60.7 Å². The Kier molecular flexibility index (Phi) is 5.99. The van der Waals surface area contributed by atoms with Crippen molar-refractivity contribution < 1.29 is 26.3 Å². The Labute approximate surface area is 190 Å². The summed E-state index contributed by atoms with van der Waals surface area (Å²) in [4.78, 5) is 20.6. The van der Waals surface area contributed by atoms with Crippen molar-refractivity contribution in [1.29, 1.82) is 0 Å². The van der Waals surface area contributed by atoms with Gasteiger partial charge in [0.2, 0.25) is 11.4 Å². The van der Waals surface area contributed by atoms with E-state index in [1.807, 2.05) is 0 Å². The van der Waals surface area contributed by atoms with Crippen LogP contribution < -0.4 is 5.43 Å². The number of fused-ring (bicyclic) bond motifs is 1. The monoisotopic (exact) mass is 482 g/mol. The molecule has 34 heavy (non-hydrogen) atoms. The lowest BCUT2D eigenvalue weighted by molar-refractivity contribution is -0.141. The predicted molar refractivity (Wildman–Crippen MR) is 114 cm³/mol. The molecule has 0 aromatic carbocycles. The first-order valence-corrected chi connectivity index (χ1v) is 10.6. The molecular weight excluding hydrogens is 462 g/mol. The maximum atomic E-state index is 15.2. The predicted octanol–water partition coefficient (Wildman–Crippen LogP) is 6.04. The first-order valence-electron chi connectivity index (χ1n) is 10.6. The summed E-state index contributed by atoms with van der Waals surface area (Å²) in [5.41, 5.74) is -0.993. The smallest absolute Gasteiger partial charge is 0.285 e. The molecule has 0 N–H and O–H groups in total. The molecule has 1 fully saturated rings. The zero-order valence-corrected chi connectivity index (χ0v) is 18.3. The number of rotatable bonds is 3. The molecule has 4 rings (SSSR count). The molecule has 1 saturated carbocycles. The maximum absolute atomic E-state index is 15.2. The van der Waals surface area contributed by atoms with E-state index in [1.54, 1.807) is 19.9 Å². The standard InChI is InChI=1S/C23H20F6N4O/c1-12-9-17-20(31-13(12)2)21(34)19(32-33(17)15-5-7-22(25,26)8-6-15)16(24)10-14-3-4-18(30-11-14)23(27,28)29/h3-4,9-11,15H,5-8H2,1-2H3/b16-10-. The first kappa shape index (κ1) is 23.9. The maximum Gasteiger partial charge on any atom is 0.433 e. The molecule has 1 aliphatic rings. The number of nitrogens with zero attached hydrogens (tertiary/aromatic N) is 4. The number of halogens is 6. The molecule has 0 unspecified atom stereocenters. The van der Waals surface area contributed by atoms with Crippen molar-refractivity contribution in [2.75, 3.05) is 0 Å². The van der Waals surface area contributed by atoms with Gasteiger partial charge < -0.3 is 0 Å². The third-order valence-electron chi connectivity index (χ3n) is 5.96. The second kappa shape index (κ2) is 8.52. The molecule has 3 aromatic heterocycles. The number of aromatic nitrogens is 4. The summed E-state index contributed by atoms with van der Waals surface area (Å²) in [7, 11) is 0. The number of hydrogen-bond acceptors (Lipinski definition) is 4. The van der Waals surface area contributed by atoms with E-state index in [-0.39, 0.29) is 36.8 Å². The average molecular weight is 482 g/mol. The summed E-state index contributed by atoms with van der Waals surface area (Å²) in [6.07, 6.45) is -3.53. The molecule has 0 aliphatic heterocycles. The van der Waals surface area contributed by atoms with Gasteiger partial charge in [-0.25, -0.2) is 18.2 Å². The van der Waals surface area contributed by atoms with Crippen molar-refractivity contribution in [2.45, 2.75) is 57.7 Å². The minimum atomic E-state index is -4.65. The quantitative estimate of drug-likeness (QED) is 0.427. The highest BCUT2D eigenvalue weighted by Crippen LogP contribution is 2.39. The Morgan fingerprint density at radius 3 is 2.44 bits per heavy atom. The van der Waals surface area contributed by atoms with Crippen LogP contribution in [0.2, 0.25) is 0 Å². The Morgan fingerprint density at radius 1 is 1.18 bits per heavy atom. The van der Waals surface area contributed by atoms with Gasteiger partial charge in [0.1, 0.15) is 11.2 Å². The van der Waals surface area contributed by atoms with Gasteiger partial charge in [-0.05, 0) is 56.0 Å². The van der Waals surface area contributed by atoms with Crippen LogP contribution in [0.15, 0.2) is 29.2 Å². The molecule has 0 saturated heterocycles. The van der Waals surface area contributed by atoms with E-state index < -0.39 is 40.8 Å². The summed E-state index contributed by atoms with van der Waals surface area (Å²) in [6.45, 7) is 3.46. The van der Waals surface area contributed by atoms with Gasteiger partial charge in [0.05, 0.1) is 11.6 Å². The van der Waals surface area contributed by atoms with E-state index in [4.69, 9.17) is 0 Å². The molecule has 3 heterocycles. The third-order valence-corrected chi connectivity index (χ3v) is 5.96. The van der Waals surface area contributed by atoms with Crippen LogP contribution in [0.3, 0.4) is 0 Å². The lowest BCUT2D eigenvalue weighted by Gasteiger charge is -2.30. The fraction of sp³-hybridized carbons (Fsp3) is 0.391. The number of pyridine rings is 2. The molecule has 3 aromatic rings. The van der Waals surface area contributed by atoms with Crippen molar-refractivity contribution in [3.05, 3.63) is 62.8 Å². The minimum absolute atomic E-state index is 0.0105. The molecule has 0 amide bonds. The second-order valence-electron chi connectivity index (χ2n) is 8.43. The van der Waals surface area contributed by atoms with Crippen LogP contribution in [0.1, 0.15) is 59.9 Å². The normalized spacial score (nSPS) is 17.4. The van der Waals surface area contributed by atoms with Gasteiger partial charge in [0.25, 0.3) is 0 Å². The van der Waals surface area contributed by atoms with E-state index >= 15 is 4.39 Å². The Balaban J connectivity index is 1.82. The van der Waals surface area contributed by atoms with Gasteiger partial charge in [0, 0.05) is 24.7 Å². The molecule has 11 heteroatoms. The van der Waals surface area contributed by atoms with Crippen LogP contribution in [-0.2, 0) is 6.18 Å². The highest BCUT2D eigenvalue weighted by atomic mass is 19.4. The molecular formula is C23H20F6N4O. The van der Waals surface area contributed by atoms with Gasteiger partial charge >= 0.3 is 6.18 Å². The second-order valence-corrected chi connectivity index (χ2v) is 8.43. The largest absolute Gasteiger partial charge is 0.433 e. The van der Waals surface area contributed by atoms with Gasteiger partial charge in [-0.15, -0.1) is 0 Å². The fourth-order valence-corrected chi connectivity index (χ4v) is 3.93. The average Bonchev–Trinajstić information content (AvgIpc) is 2.75. The summed E-state index contributed by atoms with van der Waals surface area (Å²) in [5, 5.41) is 4.17. The molecule has 0 radical (unpaired) electrons. The summed E-state index contributed by atoms with van der Waals surface area (Å²) in [5.74, 6) is -3.89. The van der Waals surface area contributed by atoms with Crippen LogP contribution in [0.5, 0.6) is 0 Å².